The summed E-state index contributed by atoms with van der Waals surface area (Å²) < 4.78 is 5.57. The highest BCUT2D eigenvalue weighted by Gasteiger charge is 2.22. The van der Waals surface area contributed by atoms with Gasteiger partial charge >= 0.3 is 0 Å². The number of methoxy groups -OCH3 is 1. The Morgan fingerprint density at radius 2 is 2.11 bits per heavy atom. The summed E-state index contributed by atoms with van der Waals surface area (Å²) in [5, 5.41) is 20.4. The first-order valence-corrected chi connectivity index (χ1v) is 9.11. The van der Waals surface area contributed by atoms with Crippen molar-refractivity contribution in [1.82, 2.24) is 20.5 Å². The molecule has 2 aromatic heterocycles. The molecular weight excluding hydrogens is 356 g/mol. The van der Waals surface area contributed by atoms with Gasteiger partial charge in [-0.2, -0.15) is 5.10 Å². The molecule has 3 aromatic rings. The van der Waals surface area contributed by atoms with Gasteiger partial charge < -0.3 is 15.2 Å². The summed E-state index contributed by atoms with van der Waals surface area (Å²) in [6, 6.07) is 8.80. The second-order valence-electron chi connectivity index (χ2n) is 6.77. The van der Waals surface area contributed by atoms with Gasteiger partial charge in [0.2, 0.25) is 0 Å². The molecule has 0 aliphatic carbocycles. The van der Waals surface area contributed by atoms with Gasteiger partial charge in [0.25, 0.3) is 5.91 Å². The zero-order valence-corrected chi connectivity index (χ0v) is 16.1. The van der Waals surface area contributed by atoms with Gasteiger partial charge in [0.1, 0.15) is 5.75 Å². The Bertz CT molecular complexity index is 980. The molecule has 3 rings (SSSR count). The number of carbonyl (C=O) groups excluding carboxylic acids is 1. The number of rotatable bonds is 7. The van der Waals surface area contributed by atoms with Crippen LogP contribution in [-0.2, 0) is 0 Å². The molecule has 0 fully saturated rings. The molecule has 1 unspecified atom stereocenters. The average Bonchev–Trinajstić information content (AvgIpc) is 3.13. The zero-order chi connectivity index (χ0) is 20.1. The molecule has 146 valence electrons. The first kappa shape index (κ1) is 19.6. The van der Waals surface area contributed by atoms with Crippen molar-refractivity contribution < 1.29 is 14.6 Å². The third-order valence-corrected chi connectivity index (χ3v) is 4.58. The molecule has 1 amide bonds. The predicted octanol–water partition coefficient (Wildman–Crippen LogP) is 2.88. The fourth-order valence-electron chi connectivity index (χ4n) is 2.93. The number of carbonyl (C=O) groups is 1. The van der Waals surface area contributed by atoms with E-state index in [-0.39, 0.29) is 24.5 Å². The number of nitrogens with one attached hydrogen (secondary N) is 2. The van der Waals surface area contributed by atoms with E-state index in [0.29, 0.717) is 22.4 Å². The molecule has 7 heteroatoms. The fourth-order valence-corrected chi connectivity index (χ4v) is 2.93. The Balaban J connectivity index is 1.99. The van der Waals surface area contributed by atoms with E-state index in [9.17, 15) is 9.90 Å². The number of ether oxygens (including phenoxy) is 1. The Morgan fingerprint density at radius 1 is 1.29 bits per heavy atom. The highest BCUT2D eigenvalue weighted by atomic mass is 16.5. The van der Waals surface area contributed by atoms with Crippen molar-refractivity contribution in [3.8, 4) is 5.75 Å². The molecule has 28 heavy (non-hydrogen) atoms. The lowest BCUT2D eigenvalue weighted by atomic mass is 10.0. The molecule has 1 atom stereocenters. The number of aromatic nitrogens is 3. The molecule has 0 aliphatic rings. The van der Waals surface area contributed by atoms with Gasteiger partial charge in [0, 0.05) is 6.20 Å². The molecular formula is C21H24N4O3. The lowest BCUT2D eigenvalue weighted by Crippen LogP contribution is -2.41. The number of fused-ring (bicyclic) bond motifs is 1. The van der Waals surface area contributed by atoms with Crippen LogP contribution < -0.4 is 10.1 Å². The first-order valence-electron chi connectivity index (χ1n) is 9.11. The molecule has 1 aromatic carbocycles. The summed E-state index contributed by atoms with van der Waals surface area (Å²) in [4.78, 5) is 17.1. The molecule has 2 heterocycles. The normalized spacial score (nSPS) is 12.6. The Hall–Kier alpha value is -3.19. The number of nitrogens with zero attached hydrogens (tertiary/aromatic N) is 2. The summed E-state index contributed by atoms with van der Waals surface area (Å²) in [7, 11) is 1.52. The maximum atomic E-state index is 12.8. The van der Waals surface area contributed by atoms with Crippen molar-refractivity contribution in [1.29, 1.82) is 0 Å². The molecule has 0 saturated heterocycles. The van der Waals surface area contributed by atoms with Crippen molar-refractivity contribution in [3.63, 3.8) is 0 Å². The maximum absolute atomic E-state index is 12.8. The van der Waals surface area contributed by atoms with E-state index >= 15 is 0 Å². The molecule has 0 radical (unpaired) electrons. The van der Waals surface area contributed by atoms with E-state index in [4.69, 9.17) is 4.74 Å². The van der Waals surface area contributed by atoms with Crippen LogP contribution in [0.4, 0.5) is 0 Å². The van der Waals surface area contributed by atoms with Crippen molar-refractivity contribution in [2.45, 2.75) is 19.9 Å². The third-order valence-electron chi connectivity index (χ3n) is 4.58. The van der Waals surface area contributed by atoms with Crippen molar-refractivity contribution in [3.05, 3.63) is 53.5 Å². The molecule has 0 spiro atoms. The molecule has 3 N–H and O–H groups in total. The van der Waals surface area contributed by atoms with Gasteiger partial charge in [0.05, 0.1) is 47.6 Å². The Kier molecular flexibility index (Phi) is 6.06. The van der Waals surface area contributed by atoms with Gasteiger partial charge in [-0.05, 0) is 42.3 Å². The van der Waals surface area contributed by atoms with E-state index in [1.165, 1.54) is 7.11 Å². The number of pyridine rings is 1. The molecule has 0 bridgehead atoms. The summed E-state index contributed by atoms with van der Waals surface area (Å²) in [5.74, 6) is 0.242. The SMILES string of the molecule is COc1c(C(=O)NC(CO)C(C)C)ccc2[nH]nc(/C=C/c3ccccn3)c12. The van der Waals surface area contributed by atoms with Gasteiger partial charge in [-0.3, -0.25) is 14.9 Å². The molecule has 7 nitrogen and oxygen atoms in total. The minimum atomic E-state index is -0.333. The quantitative estimate of drug-likeness (QED) is 0.585. The number of hydrogen-bond acceptors (Lipinski definition) is 5. The smallest absolute Gasteiger partial charge is 0.255 e. The van der Waals surface area contributed by atoms with Crippen molar-refractivity contribution in [2.24, 2.45) is 5.92 Å². The standard InChI is InChI=1S/C21H24N4O3/c1-13(2)18(12-26)23-21(27)15-8-10-17-19(20(15)28-3)16(24-25-17)9-7-14-6-4-5-11-22-14/h4-11,13,18,26H,12H2,1-3H3,(H,23,27)(H,24,25)/b9-7+. The Morgan fingerprint density at radius 3 is 2.75 bits per heavy atom. The van der Waals surface area contributed by atoms with Crippen LogP contribution in [-0.4, -0.2) is 46.0 Å². The molecule has 0 saturated carbocycles. The topological polar surface area (TPSA) is 100 Å². The van der Waals surface area contributed by atoms with E-state index in [0.717, 1.165) is 11.2 Å². The van der Waals surface area contributed by atoms with E-state index in [1.807, 2.05) is 44.2 Å². The van der Waals surface area contributed by atoms with E-state index in [2.05, 4.69) is 20.5 Å². The lowest BCUT2D eigenvalue weighted by Gasteiger charge is -2.20. The van der Waals surface area contributed by atoms with Crippen molar-refractivity contribution >= 4 is 29.0 Å². The average molecular weight is 380 g/mol. The minimum absolute atomic E-state index is 0.106. The maximum Gasteiger partial charge on any atom is 0.255 e. The highest BCUT2D eigenvalue weighted by molar-refractivity contribution is 6.05. The molecule has 0 aliphatic heterocycles. The highest BCUT2D eigenvalue weighted by Crippen LogP contribution is 2.32. The van der Waals surface area contributed by atoms with Gasteiger partial charge in [-0.15, -0.1) is 0 Å². The number of H-pyrrole nitrogens is 1. The lowest BCUT2D eigenvalue weighted by molar-refractivity contribution is 0.0894. The summed E-state index contributed by atoms with van der Waals surface area (Å²) >= 11 is 0. The van der Waals surface area contributed by atoms with Crippen molar-refractivity contribution in [2.75, 3.05) is 13.7 Å². The van der Waals surface area contributed by atoms with Gasteiger partial charge in [-0.25, -0.2) is 0 Å². The van der Waals surface area contributed by atoms with E-state index in [1.54, 1.807) is 18.3 Å². The third kappa shape index (κ3) is 4.04. The predicted molar refractivity (Wildman–Crippen MR) is 109 cm³/mol. The number of aliphatic hydroxyl groups excluding tert-OH is 1. The van der Waals surface area contributed by atoms with Crippen LogP contribution >= 0.6 is 0 Å². The zero-order valence-electron chi connectivity index (χ0n) is 16.1. The number of aliphatic hydroxyl groups is 1. The van der Waals surface area contributed by atoms with Crippen LogP contribution in [0.5, 0.6) is 5.75 Å². The van der Waals surface area contributed by atoms with Crippen LogP contribution in [0.15, 0.2) is 36.5 Å². The van der Waals surface area contributed by atoms with Gasteiger partial charge in [-0.1, -0.05) is 19.9 Å². The number of aromatic amines is 1. The largest absolute Gasteiger partial charge is 0.495 e. The fraction of sp³-hybridized carbons (Fsp3) is 0.286. The monoisotopic (exact) mass is 380 g/mol. The van der Waals surface area contributed by atoms with Crippen LogP contribution in [0.25, 0.3) is 23.1 Å². The summed E-state index contributed by atoms with van der Waals surface area (Å²) in [6.45, 7) is 3.76. The van der Waals surface area contributed by atoms with Crippen LogP contribution in [0.1, 0.15) is 35.6 Å². The second kappa shape index (κ2) is 8.67. The Labute approximate surface area is 163 Å². The van der Waals surface area contributed by atoms with Crippen LogP contribution in [0, 0.1) is 5.92 Å². The minimum Gasteiger partial charge on any atom is -0.495 e. The van der Waals surface area contributed by atoms with E-state index < -0.39 is 0 Å². The number of amides is 1. The van der Waals surface area contributed by atoms with Crippen LogP contribution in [0.3, 0.4) is 0 Å². The first-order chi connectivity index (χ1) is 13.5. The summed E-state index contributed by atoms with van der Waals surface area (Å²) in [5.41, 5.74) is 2.60. The second-order valence-corrected chi connectivity index (χ2v) is 6.77. The summed E-state index contributed by atoms with van der Waals surface area (Å²) in [6.07, 6.45) is 5.40. The number of hydrogen-bond donors (Lipinski definition) is 3. The number of benzene rings is 1. The van der Waals surface area contributed by atoms with Crippen LogP contribution in [0.2, 0.25) is 0 Å². The van der Waals surface area contributed by atoms with Gasteiger partial charge in [0.15, 0.2) is 0 Å².